The molecule has 0 saturated carbocycles. The second-order valence-electron chi connectivity index (χ2n) is 10.7. The van der Waals surface area contributed by atoms with Crippen molar-refractivity contribution in [2.24, 2.45) is 0 Å². The molecule has 0 spiro atoms. The SMILES string of the molecule is C=C/C(=C\C(=C)c1cccc2c1sc1ccccc12)c1cccc(-c2ccc3c(c2)c(C=C)c(C=C)c2ccccc23)c1. The normalized spacial score (nSPS) is 11.8. The van der Waals surface area contributed by atoms with E-state index in [1.54, 1.807) is 0 Å². The van der Waals surface area contributed by atoms with Crippen molar-refractivity contribution >= 4 is 76.4 Å². The molecule has 1 aromatic heterocycles. The largest absolute Gasteiger partial charge is 0.135 e. The van der Waals surface area contributed by atoms with Crippen LogP contribution < -0.4 is 0 Å². The van der Waals surface area contributed by atoms with E-state index in [2.05, 4.69) is 142 Å². The molecule has 0 aliphatic heterocycles. The zero-order chi connectivity index (χ0) is 29.5. The first-order valence-electron chi connectivity index (χ1n) is 14.4. The van der Waals surface area contributed by atoms with E-state index < -0.39 is 0 Å². The summed E-state index contributed by atoms with van der Waals surface area (Å²) in [5, 5.41) is 7.38. The molecule has 1 heterocycles. The molecule has 0 amide bonds. The van der Waals surface area contributed by atoms with Crippen molar-refractivity contribution in [3.8, 4) is 11.1 Å². The van der Waals surface area contributed by atoms with E-state index in [-0.39, 0.29) is 0 Å². The number of allylic oxidation sites excluding steroid dienone is 4. The quantitative estimate of drug-likeness (QED) is 0.133. The molecule has 1 heteroatoms. The molecule has 6 aromatic carbocycles. The Morgan fingerprint density at radius 1 is 0.558 bits per heavy atom. The average Bonchev–Trinajstić information content (AvgIpc) is 3.45. The lowest BCUT2D eigenvalue weighted by Gasteiger charge is -2.15. The Bertz CT molecular complexity index is 2300. The molecular formula is C42H30S. The highest BCUT2D eigenvalue weighted by atomic mass is 32.1. The molecule has 0 radical (unpaired) electrons. The zero-order valence-electron chi connectivity index (χ0n) is 23.9. The number of benzene rings is 6. The highest BCUT2D eigenvalue weighted by Gasteiger charge is 2.13. The van der Waals surface area contributed by atoms with Gasteiger partial charge in [0.05, 0.1) is 0 Å². The van der Waals surface area contributed by atoms with Crippen LogP contribution in [0.15, 0.2) is 148 Å². The predicted octanol–water partition coefficient (Wildman–Crippen LogP) is 12.6. The van der Waals surface area contributed by atoms with Crippen LogP contribution in [0.3, 0.4) is 0 Å². The second kappa shape index (κ2) is 10.9. The molecule has 0 bridgehead atoms. The summed E-state index contributed by atoms with van der Waals surface area (Å²) in [6.07, 6.45) is 7.98. The van der Waals surface area contributed by atoms with Crippen molar-refractivity contribution in [1.82, 2.24) is 0 Å². The minimum absolute atomic E-state index is 0.975. The molecule has 43 heavy (non-hydrogen) atoms. The fourth-order valence-corrected chi connectivity index (χ4v) is 7.52. The van der Waals surface area contributed by atoms with Crippen molar-refractivity contribution in [3.63, 3.8) is 0 Å². The first-order chi connectivity index (χ1) is 21.1. The van der Waals surface area contributed by atoms with E-state index in [9.17, 15) is 0 Å². The lowest BCUT2D eigenvalue weighted by Crippen LogP contribution is -1.90. The predicted molar refractivity (Wildman–Crippen MR) is 194 cm³/mol. The van der Waals surface area contributed by atoms with Gasteiger partial charge in [0, 0.05) is 20.2 Å². The fourth-order valence-electron chi connectivity index (χ4n) is 6.27. The number of rotatable bonds is 7. The average molecular weight is 567 g/mol. The molecule has 0 saturated heterocycles. The van der Waals surface area contributed by atoms with Gasteiger partial charge in [-0.3, -0.25) is 0 Å². The summed E-state index contributed by atoms with van der Waals surface area (Å²) < 4.78 is 2.56. The monoisotopic (exact) mass is 566 g/mol. The molecule has 7 rings (SSSR count). The van der Waals surface area contributed by atoms with Crippen LogP contribution in [0.4, 0.5) is 0 Å². The van der Waals surface area contributed by atoms with Gasteiger partial charge in [0.1, 0.15) is 0 Å². The highest BCUT2D eigenvalue weighted by molar-refractivity contribution is 7.26. The maximum Gasteiger partial charge on any atom is 0.0433 e. The van der Waals surface area contributed by atoms with Crippen LogP contribution in [0.5, 0.6) is 0 Å². The van der Waals surface area contributed by atoms with Crippen LogP contribution in [0, 0.1) is 0 Å². The Morgan fingerprint density at radius 2 is 1.21 bits per heavy atom. The topological polar surface area (TPSA) is 0 Å². The Labute approximate surface area is 256 Å². The Morgan fingerprint density at radius 3 is 2.00 bits per heavy atom. The molecular weight excluding hydrogens is 537 g/mol. The lowest BCUT2D eigenvalue weighted by molar-refractivity contribution is 1.59. The van der Waals surface area contributed by atoms with Crippen molar-refractivity contribution in [1.29, 1.82) is 0 Å². The van der Waals surface area contributed by atoms with Crippen LogP contribution in [0.2, 0.25) is 0 Å². The molecule has 204 valence electrons. The third-order valence-corrected chi connectivity index (χ3v) is 9.56. The summed E-state index contributed by atoms with van der Waals surface area (Å²) in [4.78, 5) is 0. The first kappa shape index (κ1) is 26.6. The summed E-state index contributed by atoms with van der Waals surface area (Å²) in [7, 11) is 0. The van der Waals surface area contributed by atoms with Gasteiger partial charge >= 0.3 is 0 Å². The van der Waals surface area contributed by atoms with Crippen molar-refractivity contribution in [2.75, 3.05) is 0 Å². The van der Waals surface area contributed by atoms with Gasteiger partial charge < -0.3 is 0 Å². The molecule has 0 aliphatic rings. The van der Waals surface area contributed by atoms with Crippen LogP contribution in [-0.4, -0.2) is 0 Å². The summed E-state index contributed by atoms with van der Waals surface area (Å²) in [5.41, 5.74) is 8.80. The van der Waals surface area contributed by atoms with Gasteiger partial charge in [-0.25, -0.2) is 0 Å². The third kappa shape index (κ3) is 4.46. The minimum atomic E-state index is 0.975. The standard InChI is InChI=1S/C42H30S/c1-5-28(24-27(4)34-19-13-20-39-38-18-10-11-21-41(38)43-42(34)39)29-14-12-15-30(25-29)31-22-23-37-36-17-9-8-16-35(36)32(6-2)33(7-3)40(37)26-31/h5-26H,1-4H2/b28-24+. The summed E-state index contributed by atoms with van der Waals surface area (Å²) in [6, 6.07) is 39.0. The van der Waals surface area contributed by atoms with Crippen molar-refractivity contribution in [2.45, 2.75) is 0 Å². The third-order valence-electron chi connectivity index (χ3n) is 8.34. The molecule has 0 fully saturated rings. The molecule has 0 N–H and O–H groups in total. The van der Waals surface area contributed by atoms with E-state index in [1.807, 2.05) is 29.6 Å². The van der Waals surface area contributed by atoms with Crippen LogP contribution in [0.1, 0.15) is 22.3 Å². The van der Waals surface area contributed by atoms with Gasteiger partial charge in [0.25, 0.3) is 0 Å². The van der Waals surface area contributed by atoms with Gasteiger partial charge in [-0.2, -0.15) is 0 Å². The van der Waals surface area contributed by atoms with Gasteiger partial charge in [-0.1, -0.05) is 136 Å². The number of thiophene rings is 1. The summed E-state index contributed by atoms with van der Waals surface area (Å²) >= 11 is 1.82. The molecule has 0 aliphatic carbocycles. The highest BCUT2D eigenvalue weighted by Crippen LogP contribution is 2.40. The minimum Gasteiger partial charge on any atom is -0.135 e. The van der Waals surface area contributed by atoms with Crippen molar-refractivity contribution in [3.05, 3.63) is 170 Å². The van der Waals surface area contributed by atoms with Crippen molar-refractivity contribution < 1.29 is 0 Å². The molecule has 0 unspecified atom stereocenters. The van der Waals surface area contributed by atoms with E-state index in [0.717, 1.165) is 44.5 Å². The smallest absolute Gasteiger partial charge is 0.0433 e. The summed E-state index contributed by atoms with van der Waals surface area (Å²) in [5.74, 6) is 0. The van der Waals surface area contributed by atoms with E-state index in [0.29, 0.717) is 0 Å². The Balaban J connectivity index is 1.31. The van der Waals surface area contributed by atoms with Gasteiger partial charge in [-0.05, 0) is 90.3 Å². The van der Waals surface area contributed by atoms with Crippen LogP contribution in [-0.2, 0) is 0 Å². The maximum absolute atomic E-state index is 4.50. The first-order valence-corrected chi connectivity index (χ1v) is 15.2. The van der Waals surface area contributed by atoms with Crippen LogP contribution in [0.25, 0.3) is 76.1 Å². The summed E-state index contributed by atoms with van der Waals surface area (Å²) in [6.45, 7) is 16.9. The Kier molecular flexibility index (Phi) is 6.74. The van der Waals surface area contributed by atoms with Gasteiger partial charge in [0.2, 0.25) is 0 Å². The Hall–Kier alpha value is -5.24. The van der Waals surface area contributed by atoms with Crippen LogP contribution >= 0.6 is 11.3 Å². The fraction of sp³-hybridized carbons (Fsp3) is 0. The van der Waals surface area contributed by atoms with E-state index in [1.165, 1.54) is 41.7 Å². The van der Waals surface area contributed by atoms with E-state index >= 15 is 0 Å². The van der Waals surface area contributed by atoms with Gasteiger partial charge in [0.15, 0.2) is 0 Å². The molecule has 0 atom stereocenters. The lowest BCUT2D eigenvalue weighted by atomic mass is 9.89. The molecule has 0 nitrogen and oxygen atoms in total. The zero-order valence-corrected chi connectivity index (χ0v) is 24.8. The number of hydrogen-bond donors (Lipinski definition) is 0. The second-order valence-corrected chi connectivity index (χ2v) is 11.8. The number of hydrogen-bond acceptors (Lipinski definition) is 1. The van der Waals surface area contributed by atoms with E-state index in [4.69, 9.17) is 0 Å². The molecule has 7 aromatic rings. The maximum atomic E-state index is 4.50. The van der Waals surface area contributed by atoms with Gasteiger partial charge in [-0.15, -0.1) is 11.3 Å². The number of fused-ring (bicyclic) bond motifs is 6.